The van der Waals surface area contributed by atoms with Crippen molar-refractivity contribution in [1.29, 1.82) is 0 Å². The first-order valence-corrected chi connectivity index (χ1v) is 9.13. The highest BCUT2D eigenvalue weighted by atomic mass is 16.5. The Hall–Kier alpha value is -0.955. The molecule has 0 heterocycles. The molecule has 0 fully saturated rings. The summed E-state index contributed by atoms with van der Waals surface area (Å²) in [4.78, 5) is 0. The van der Waals surface area contributed by atoms with Crippen LogP contribution in [0.2, 0.25) is 0 Å². The maximum absolute atomic E-state index is 10.8. The molecule has 0 saturated heterocycles. The van der Waals surface area contributed by atoms with Gasteiger partial charge >= 0.3 is 0 Å². The molecule has 1 aromatic carbocycles. The Kier molecular flexibility index (Phi) is 6.99. The van der Waals surface area contributed by atoms with E-state index in [4.69, 9.17) is 12.6 Å². The minimum Gasteiger partial charge on any atom is -0.507 e. The van der Waals surface area contributed by atoms with E-state index in [9.17, 15) is 5.11 Å². The van der Waals surface area contributed by atoms with Crippen molar-refractivity contribution >= 4 is 7.85 Å². The van der Waals surface area contributed by atoms with Gasteiger partial charge in [-0.15, -0.1) is 0 Å². The highest BCUT2D eigenvalue weighted by Gasteiger charge is 2.27. The summed E-state index contributed by atoms with van der Waals surface area (Å²) in [5, 5.41) is 10.8. The van der Waals surface area contributed by atoms with Crippen LogP contribution in [-0.4, -0.2) is 19.6 Å². The van der Waals surface area contributed by atoms with Crippen LogP contribution in [-0.2, 0) is 15.6 Å². The minimum atomic E-state index is -0.466. The fourth-order valence-corrected chi connectivity index (χ4v) is 2.90. The number of phenols is 1. The lowest BCUT2D eigenvalue weighted by molar-refractivity contribution is 0.0777. The Morgan fingerprint density at radius 1 is 1.04 bits per heavy atom. The largest absolute Gasteiger partial charge is 0.507 e. The van der Waals surface area contributed by atoms with Crippen molar-refractivity contribution in [3.8, 4) is 5.75 Å². The van der Waals surface area contributed by atoms with Gasteiger partial charge in [0.2, 0.25) is 0 Å². The summed E-state index contributed by atoms with van der Waals surface area (Å²) in [7, 11) is 6.31. The van der Waals surface area contributed by atoms with Crippen LogP contribution in [0.25, 0.3) is 0 Å². The quantitative estimate of drug-likeness (QED) is 0.687. The lowest BCUT2D eigenvalue weighted by Gasteiger charge is -2.29. The summed E-state index contributed by atoms with van der Waals surface area (Å²) in [5.41, 5.74) is 2.47. The number of ether oxygens (including phenoxy) is 1. The molecule has 0 bridgehead atoms. The number of phenolic OH excluding ortho intramolecular Hbond substituents is 1. The van der Waals surface area contributed by atoms with E-state index in [-0.39, 0.29) is 10.8 Å². The summed E-state index contributed by atoms with van der Waals surface area (Å²) in [5.74, 6) is 0.882. The van der Waals surface area contributed by atoms with Crippen LogP contribution in [0, 0.1) is 5.92 Å². The first-order valence-electron chi connectivity index (χ1n) is 9.13. The molecule has 0 spiro atoms. The molecule has 134 valence electrons. The fourth-order valence-electron chi connectivity index (χ4n) is 2.90. The standard InChI is InChI=1S/C21H35BO2/c1-9-10-14(2)13-24-19(22)15-11-16(20(3,4)5)18(23)17(12-15)21(6,7)8/h11-12,14,19,23H,9-10,13H2,1-8H3. The third-order valence-electron chi connectivity index (χ3n) is 4.42. The predicted octanol–water partition coefficient (Wildman–Crippen LogP) is 5.61. The summed E-state index contributed by atoms with van der Waals surface area (Å²) in [6, 6.07) is 3.53. The van der Waals surface area contributed by atoms with Crippen LogP contribution in [0.1, 0.15) is 90.9 Å². The Morgan fingerprint density at radius 2 is 1.50 bits per heavy atom. The third kappa shape index (κ3) is 5.55. The second-order valence-corrected chi connectivity index (χ2v) is 9.11. The molecule has 0 aromatic heterocycles. The van der Waals surface area contributed by atoms with Crippen LogP contribution in [0.4, 0.5) is 0 Å². The highest BCUT2D eigenvalue weighted by Crippen LogP contribution is 2.40. The molecular formula is C21H35BO2. The van der Waals surface area contributed by atoms with E-state index in [2.05, 4.69) is 55.4 Å². The van der Waals surface area contributed by atoms with Gasteiger partial charge < -0.3 is 9.84 Å². The van der Waals surface area contributed by atoms with Gasteiger partial charge in [-0.25, -0.2) is 0 Å². The molecule has 0 saturated carbocycles. The topological polar surface area (TPSA) is 29.5 Å². The average molecular weight is 330 g/mol. The van der Waals surface area contributed by atoms with Crippen LogP contribution in [0.5, 0.6) is 5.75 Å². The first-order chi connectivity index (χ1) is 10.9. The van der Waals surface area contributed by atoms with E-state index in [1.165, 1.54) is 0 Å². The summed E-state index contributed by atoms with van der Waals surface area (Å²) in [6.45, 7) is 17.7. The zero-order valence-electron chi connectivity index (χ0n) is 16.9. The molecule has 1 aromatic rings. The van der Waals surface area contributed by atoms with Crippen molar-refractivity contribution in [2.45, 2.75) is 85.1 Å². The first kappa shape index (κ1) is 21.1. The van der Waals surface area contributed by atoms with E-state index in [1.54, 1.807) is 0 Å². The molecule has 2 nitrogen and oxygen atoms in total. The van der Waals surface area contributed by atoms with E-state index in [0.29, 0.717) is 18.3 Å². The van der Waals surface area contributed by atoms with Gasteiger partial charge in [-0.05, 0) is 52.0 Å². The number of hydrogen-bond donors (Lipinski definition) is 1. The van der Waals surface area contributed by atoms with Gasteiger partial charge in [-0.3, -0.25) is 0 Å². The van der Waals surface area contributed by atoms with Gasteiger partial charge in [0.05, 0.1) is 0 Å². The molecule has 3 heteroatoms. The monoisotopic (exact) mass is 330 g/mol. The Bertz CT molecular complexity index is 503. The molecule has 2 unspecified atom stereocenters. The van der Waals surface area contributed by atoms with Crippen molar-refractivity contribution in [2.24, 2.45) is 5.92 Å². The summed E-state index contributed by atoms with van der Waals surface area (Å²) < 4.78 is 5.91. The van der Waals surface area contributed by atoms with Crippen LogP contribution in [0.15, 0.2) is 12.1 Å². The lowest BCUT2D eigenvalue weighted by atomic mass is 9.76. The molecule has 0 aliphatic rings. The highest BCUT2D eigenvalue weighted by molar-refractivity contribution is 6.11. The van der Waals surface area contributed by atoms with Gasteiger partial charge in [0.25, 0.3) is 0 Å². The number of benzene rings is 1. The molecule has 2 atom stereocenters. The Labute approximate surface area is 150 Å². The number of hydrogen-bond acceptors (Lipinski definition) is 2. The van der Waals surface area contributed by atoms with Gasteiger partial charge in [0, 0.05) is 12.6 Å². The number of aromatic hydroxyl groups is 1. The van der Waals surface area contributed by atoms with Gasteiger partial charge in [0.1, 0.15) is 13.6 Å². The second kappa shape index (κ2) is 7.95. The molecule has 1 N–H and O–H groups in total. The van der Waals surface area contributed by atoms with Crippen LogP contribution >= 0.6 is 0 Å². The molecule has 2 radical (unpaired) electrons. The van der Waals surface area contributed by atoms with E-state index < -0.39 is 6.00 Å². The van der Waals surface area contributed by atoms with Crippen molar-refractivity contribution in [1.82, 2.24) is 0 Å². The smallest absolute Gasteiger partial charge is 0.123 e. The van der Waals surface area contributed by atoms with E-state index >= 15 is 0 Å². The van der Waals surface area contributed by atoms with Crippen molar-refractivity contribution in [2.75, 3.05) is 6.61 Å². The van der Waals surface area contributed by atoms with E-state index in [0.717, 1.165) is 29.5 Å². The lowest BCUT2D eigenvalue weighted by Crippen LogP contribution is -2.19. The maximum Gasteiger partial charge on any atom is 0.123 e. The number of rotatable bonds is 6. The van der Waals surface area contributed by atoms with Crippen molar-refractivity contribution < 1.29 is 9.84 Å². The van der Waals surface area contributed by atoms with Gasteiger partial charge in [-0.1, -0.05) is 61.8 Å². The second-order valence-electron chi connectivity index (χ2n) is 9.11. The molecule has 1 rings (SSSR count). The minimum absolute atomic E-state index is 0.157. The van der Waals surface area contributed by atoms with Crippen LogP contribution in [0.3, 0.4) is 0 Å². The van der Waals surface area contributed by atoms with Crippen LogP contribution < -0.4 is 0 Å². The predicted molar refractivity (Wildman–Crippen MR) is 104 cm³/mol. The Balaban J connectivity index is 3.19. The maximum atomic E-state index is 10.8. The third-order valence-corrected chi connectivity index (χ3v) is 4.42. The molecular weight excluding hydrogens is 295 g/mol. The molecule has 0 aliphatic carbocycles. The summed E-state index contributed by atoms with van der Waals surface area (Å²) >= 11 is 0. The summed E-state index contributed by atoms with van der Waals surface area (Å²) in [6.07, 6.45) is 2.30. The molecule has 0 amide bonds. The molecule has 0 aliphatic heterocycles. The zero-order chi connectivity index (χ0) is 18.7. The van der Waals surface area contributed by atoms with Gasteiger partial charge in [-0.2, -0.15) is 0 Å². The van der Waals surface area contributed by atoms with Crippen molar-refractivity contribution in [3.63, 3.8) is 0 Å². The normalized spacial score (nSPS) is 15.3. The zero-order valence-corrected chi connectivity index (χ0v) is 16.9. The van der Waals surface area contributed by atoms with Gasteiger partial charge in [0.15, 0.2) is 0 Å². The fraction of sp³-hybridized carbons (Fsp3) is 0.714. The molecule has 24 heavy (non-hydrogen) atoms. The average Bonchev–Trinajstić information content (AvgIpc) is 2.42. The Morgan fingerprint density at radius 3 is 1.88 bits per heavy atom. The van der Waals surface area contributed by atoms with Crippen molar-refractivity contribution in [3.05, 3.63) is 28.8 Å². The van der Waals surface area contributed by atoms with E-state index in [1.807, 2.05) is 12.1 Å². The SMILES string of the molecule is [B]C(OCC(C)CCC)c1cc(C(C)(C)C)c(O)c(C(C)(C)C)c1.